The number of nitrogens with zero attached hydrogens (tertiary/aromatic N) is 2. The van der Waals surface area contributed by atoms with Crippen molar-refractivity contribution in [3.63, 3.8) is 0 Å². The van der Waals surface area contributed by atoms with Crippen LogP contribution in [0.4, 0.5) is 0 Å². The van der Waals surface area contributed by atoms with Gasteiger partial charge in [-0.05, 0) is 53.9 Å². The van der Waals surface area contributed by atoms with E-state index in [1.807, 2.05) is 25.1 Å². The highest BCUT2D eigenvalue weighted by Gasteiger charge is 2.11. The zero-order chi connectivity index (χ0) is 22.7. The average Bonchev–Trinajstić information content (AvgIpc) is 2.78. The van der Waals surface area contributed by atoms with Crippen LogP contribution in [0.5, 0.6) is 5.75 Å². The van der Waals surface area contributed by atoms with Crippen LogP contribution in [-0.2, 0) is 16.1 Å². The van der Waals surface area contributed by atoms with Crippen LogP contribution in [0.15, 0.2) is 77.7 Å². The highest BCUT2D eigenvalue weighted by atomic mass is 16.5. The Morgan fingerprint density at radius 2 is 1.62 bits per heavy atom. The molecule has 160 valence electrons. The van der Waals surface area contributed by atoms with Gasteiger partial charge in [-0.15, -0.1) is 0 Å². The molecule has 4 rings (SSSR count). The number of carbonyl (C=O) groups is 2. The Morgan fingerprint density at radius 3 is 2.28 bits per heavy atom. The zero-order valence-corrected chi connectivity index (χ0v) is 17.6. The molecule has 0 fully saturated rings. The minimum absolute atomic E-state index is 0.0989. The van der Waals surface area contributed by atoms with Crippen molar-refractivity contribution in [3.05, 3.63) is 100 Å². The molecule has 0 aliphatic carbocycles. The van der Waals surface area contributed by atoms with Gasteiger partial charge in [0.2, 0.25) is 0 Å². The summed E-state index contributed by atoms with van der Waals surface area (Å²) in [7, 11) is 0. The fraction of sp³-hybridized carbons (Fsp3) is 0.120. The molecule has 0 N–H and O–H groups in total. The highest BCUT2D eigenvalue weighted by molar-refractivity contribution is 5.90. The fourth-order valence-electron chi connectivity index (χ4n) is 3.29. The minimum atomic E-state index is -0.506. The van der Waals surface area contributed by atoms with E-state index in [1.165, 1.54) is 17.4 Å². The third-order valence-electron chi connectivity index (χ3n) is 4.86. The molecule has 0 aliphatic heterocycles. The van der Waals surface area contributed by atoms with Crippen molar-refractivity contribution in [1.29, 1.82) is 0 Å². The van der Waals surface area contributed by atoms with Crippen molar-refractivity contribution in [2.75, 3.05) is 0 Å². The lowest BCUT2D eigenvalue weighted by Crippen LogP contribution is -2.17. The molecule has 0 saturated carbocycles. The summed E-state index contributed by atoms with van der Waals surface area (Å²) in [4.78, 5) is 40.2. The summed E-state index contributed by atoms with van der Waals surface area (Å²) in [6, 6.07) is 19.0. The summed E-state index contributed by atoms with van der Waals surface area (Å²) in [5.74, 6) is -0.410. The van der Waals surface area contributed by atoms with Gasteiger partial charge in [-0.3, -0.25) is 14.0 Å². The van der Waals surface area contributed by atoms with Crippen LogP contribution >= 0.6 is 0 Å². The van der Waals surface area contributed by atoms with Gasteiger partial charge in [-0.2, -0.15) is 0 Å². The van der Waals surface area contributed by atoms with Crippen LogP contribution in [-0.4, -0.2) is 21.3 Å². The first kappa shape index (κ1) is 21.0. The molecule has 7 heteroatoms. The molecule has 4 aromatic rings. The molecule has 0 saturated heterocycles. The molecular formula is C25H20N2O5. The summed E-state index contributed by atoms with van der Waals surface area (Å²) in [5, 5.41) is 0. The standard InChI is InChI=1S/C25H20N2O5/c1-16-4-3-13-27-23(29)14-21(26-24(16)27)15-31-25(30)20-7-5-18(6-8-20)19-9-11-22(12-10-19)32-17(2)28/h3-14H,15H2,1-2H3. The number of carbonyl (C=O) groups excluding carboxylic acids is 2. The smallest absolute Gasteiger partial charge is 0.338 e. The van der Waals surface area contributed by atoms with Gasteiger partial charge < -0.3 is 9.47 Å². The van der Waals surface area contributed by atoms with Crippen molar-refractivity contribution in [2.45, 2.75) is 20.5 Å². The Morgan fingerprint density at radius 1 is 0.969 bits per heavy atom. The second-order valence-corrected chi connectivity index (χ2v) is 7.24. The molecule has 0 radical (unpaired) electrons. The molecule has 7 nitrogen and oxygen atoms in total. The monoisotopic (exact) mass is 428 g/mol. The zero-order valence-electron chi connectivity index (χ0n) is 17.6. The van der Waals surface area contributed by atoms with Crippen molar-refractivity contribution >= 4 is 17.6 Å². The second kappa shape index (κ2) is 8.85. The van der Waals surface area contributed by atoms with E-state index in [4.69, 9.17) is 9.47 Å². The van der Waals surface area contributed by atoms with E-state index < -0.39 is 5.97 Å². The summed E-state index contributed by atoms with van der Waals surface area (Å²) in [6.45, 7) is 3.11. The molecular weight excluding hydrogens is 408 g/mol. The lowest BCUT2D eigenvalue weighted by atomic mass is 10.0. The maximum Gasteiger partial charge on any atom is 0.338 e. The van der Waals surface area contributed by atoms with Gasteiger partial charge in [0.15, 0.2) is 0 Å². The number of aryl methyl sites for hydroxylation is 1. The van der Waals surface area contributed by atoms with Gasteiger partial charge in [-0.1, -0.05) is 30.3 Å². The lowest BCUT2D eigenvalue weighted by Gasteiger charge is -2.08. The fourth-order valence-corrected chi connectivity index (χ4v) is 3.29. The van der Waals surface area contributed by atoms with Crippen molar-refractivity contribution in [3.8, 4) is 16.9 Å². The number of hydrogen-bond acceptors (Lipinski definition) is 6. The topological polar surface area (TPSA) is 87.0 Å². The normalized spacial score (nSPS) is 10.7. The Labute approximate surface area is 183 Å². The van der Waals surface area contributed by atoms with Crippen LogP contribution < -0.4 is 10.3 Å². The minimum Gasteiger partial charge on any atom is -0.456 e. The summed E-state index contributed by atoms with van der Waals surface area (Å²) in [6.07, 6.45) is 1.65. The predicted octanol–water partition coefficient (Wildman–Crippen LogP) is 3.95. The van der Waals surface area contributed by atoms with Gasteiger partial charge >= 0.3 is 11.9 Å². The molecule has 2 heterocycles. The first-order valence-corrected chi connectivity index (χ1v) is 9.95. The third-order valence-corrected chi connectivity index (χ3v) is 4.86. The maximum absolute atomic E-state index is 12.4. The number of rotatable bonds is 5. The maximum atomic E-state index is 12.4. The van der Waals surface area contributed by atoms with Crippen LogP contribution in [0, 0.1) is 6.92 Å². The van der Waals surface area contributed by atoms with Gasteiger partial charge in [0.1, 0.15) is 18.0 Å². The Bertz CT molecular complexity index is 1360. The van der Waals surface area contributed by atoms with Crippen LogP contribution in [0.1, 0.15) is 28.5 Å². The van der Waals surface area contributed by atoms with Gasteiger partial charge in [-0.25, -0.2) is 9.78 Å². The van der Waals surface area contributed by atoms with Gasteiger partial charge in [0.05, 0.1) is 11.3 Å². The second-order valence-electron chi connectivity index (χ2n) is 7.24. The molecule has 2 aromatic carbocycles. The van der Waals surface area contributed by atoms with E-state index in [1.54, 1.807) is 48.7 Å². The Kier molecular flexibility index (Phi) is 5.81. The van der Waals surface area contributed by atoms with Gasteiger partial charge in [0, 0.05) is 19.2 Å². The molecule has 0 bridgehead atoms. The van der Waals surface area contributed by atoms with Crippen molar-refractivity contribution in [2.24, 2.45) is 0 Å². The number of aromatic nitrogens is 2. The quantitative estimate of drug-likeness (QED) is 0.353. The first-order chi connectivity index (χ1) is 15.4. The average molecular weight is 428 g/mol. The predicted molar refractivity (Wildman–Crippen MR) is 119 cm³/mol. The van der Waals surface area contributed by atoms with Crippen molar-refractivity contribution in [1.82, 2.24) is 9.38 Å². The first-order valence-electron chi connectivity index (χ1n) is 9.95. The van der Waals surface area contributed by atoms with Crippen LogP contribution in [0.2, 0.25) is 0 Å². The number of ether oxygens (including phenoxy) is 2. The lowest BCUT2D eigenvalue weighted by molar-refractivity contribution is -0.131. The van der Waals surface area contributed by atoms with Crippen molar-refractivity contribution < 1.29 is 19.1 Å². The highest BCUT2D eigenvalue weighted by Crippen LogP contribution is 2.23. The summed E-state index contributed by atoms with van der Waals surface area (Å²) >= 11 is 0. The molecule has 0 spiro atoms. The van der Waals surface area contributed by atoms with E-state index in [2.05, 4.69) is 4.98 Å². The third kappa shape index (κ3) is 4.57. The molecule has 0 amide bonds. The van der Waals surface area contributed by atoms with Crippen LogP contribution in [0.3, 0.4) is 0 Å². The Hall–Kier alpha value is -4.26. The summed E-state index contributed by atoms with van der Waals surface area (Å²) < 4.78 is 11.8. The number of esters is 2. The van der Waals surface area contributed by atoms with E-state index in [-0.39, 0.29) is 18.1 Å². The molecule has 2 aromatic heterocycles. The SMILES string of the molecule is CC(=O)Oc1ccc(-c2ccc(C(=O)OCc3cc(=O)n4cccc(C)c4n3)cc2)cc1. The number of pyridine rings is 1. The van der Waals surface area contributed by atoms with E-state index in [0.717, 1.165) is 16.7 Å². The van der Waals surface area contributed by atoms with E-state index in [0.29, 0.717) is 22.7 Å². The number of hydrogen-bond donors (Lipinski definition) is 0. The Balaban J connectivity index is 1.44. The summed E-state index contributed by atoms with van der Waals surface area (Å²) in [5.41, 5.74) is 3.76. The molecule has 0 aliphatic rings. The largest absolute Gasteiger partial charge is 0.456 e. The van der Waals surface area contributed by atoms with E-state index in [9.17, 15) is 14.4 Å². The van der Waals surface area contributed by atoms with Crippen LogP contribution in [0.25, 0.3) is 16.8 Å². The number of benzene rings is 2. The van der Waals surface area contributed by atoms with E-state index >= 15 is 0 Å². The molecule has 32 heavy (non-hydrogen) atoms. The molecule has 0 unspecified atom stereocenters. The number of fused-ring (bicyclic) bond motifs is 1. The molecule has 0 atom stereocenters. The van der Waals surface area contributed by atoms with Gasteiger partial charge in [0.25, 0.3) is 5.56 Å².